The van der Waals surface area contributed by atoms with Crippen molar-refractivity contribution < 1.29 is 18.7 Å². The fraction of sp³-hybridized carbons (Fsp3) is 0.273. The van der Waals surface area contributed by atoms with Crippen LogP contribution in [0.15, 0.2) is 47.6 Å². The van der Waals surface area contributed by atoms with Crippen molar-refractivity contribution in [2.75, 3.05) is 42.3 Å². The summed E-state index contributed by atoms with van der Waals surface area (Å²) in [6.07, 6.45) is 0.278. The number of hydrogen-bond acceptors (Lipinski definition) is 7. The number of ketones is 1. The second-order valence-electron chi connectivity index (χ2n) is 7.51. The number of hydrogen-bond donors (Lipinski definition) is 1. The number of carbonyl (C=O) groups excluding carboxylic acids is 2. The molecule has 164 valence electrons. The van der Waals surface area contributed by atoms with E-state index in [1.165, 1.54) is 23.9 Å². The fourth-order valence-corrected chi connectivity index (χ4v) is 4.62. The van der Waals surface area contributed by atoms with Gasteiger partial charge in [0.25, 0.3) is 0 Å². The minimum Gasteiger partial charge on any atom is -0.378 e. The zero-order chi connectivity index (χ0) is 22.1. The van der Waals surface area contributed by atoms with Crippen LogP contribution in [0.4, 0.5) is 16.0 Å². The van der Waals surface area contributed by atoms with Crippen LogP contribution in [0.1, 0.15) is 15.9 Å². The van der Waals surface area contributed by atoms with Crippen molar-refractivity contribution in [3.05, 3.63) is 59.4 Å². The summed E-state index contributed by atoms with van der Waals surface area (Å²) < 4.78 is 21.2. The topological polar surface area (TPSA) is 89.3 Å². The number of fused-ring (bicyclic) bond motifs is 1. The van der Waals surface area contributed by atoms with E-state index in [9.17, 15) is 14.0 Å². The normalized spacial score (nSPS) is 15.5. The third kappa shape index (κ3) is 4.11. The SMILES string of the molecule is O=C1Cc2cc(C(=O)CSc3nnc(N4CCOCC4)n3-c3cccc(F)c3)ccc2N1. The van der Waals surface area contributed by atoms with Crippen LogP contribution in [-0.2, 0) is 16.0 Å². The smallest absolute Gasteiger partial charge is 0.232 e. The van der Waals surface area contributed by atoms with Gasteiger partial charge in [-0.15, -0.1) is 10.2 Å². The first-order valence-electron chi connectivity index (χ1n) is 10.2. The molecule has 0 radical (unpaired) electrons. The summed E-state index contributed by atoms with van der Waals surface area (Å²) in [6, 6.07) is 11.4. The summed E-state index contributed by atoms with van der Waals surface area (Å²) in [5.74, 6) is 0.210. The third-order valence-electron chi connectivity index (χ3n) is 5.36. The lowest BCUT2D eigenvalue weighted by atomic mass is 10.1. The lowest BCUT2D eigenvalue weighted by Gasteiger charge is -2.27. The number of nitrogens with one attached hydrogen (secondary N) is 1. The van der Waals surface area contributed by atoms with E-state index in [-0.39, 0.29) is 29.7 Å². The van der Waals surface area contributed by atoms with Crippen LogP contribution < -0.4 is 10.2 Å². The zero-order valence-electron chi connectivity index (χ0n) is 17.1. The molecule has 2 aliphatic rings. The number of anilines is 2. The summed E-state index contributed by atoms with van der Waals surface area (Å²) in [7, 11) is 0. The first-order chi connectivity index (χ1) is 15.6. The van der Waals surface area contributed by atoms with E-state index >= 15 is 0 Å². The van der Waals surface area contributed by atoms with Crippen molar-refractivity contribution in [1.29, 1.82) is 0 Å². The largest absolute Gasteiger partial charge is 0.378 e. The molecule has 0 spiro atoms. The van der Waals surface area contributed by atoms with Gasteiger partial charge in [-0.3, -0.25) is 14.2 Å². The summed E-state index contributed by atoms with van der Waals surface area (Å²) in [6.45, 7) is 2.46. The van der Waals surface area contributed by atoms with Gasteiger partial charge in [0.1, 0.15) is 5.82 Å². The lowest BCUT2D eigenvalue weighted by Crippen LogP contribution is -2.37. The lowest BCUT2D eigenvalue weighted by molar-refractivity contribution is -0.115. The van der Waals surface area contributed by atoms with Gasteiger partial charge < -0.3 is 15.0 Å². The predicted octanol–water partition coefficient (Wildman–Crippen LogP) is 2.71. The van der Waals surface area contributed by atoms with Gasteiger partial charge >= 0.3 is 0 Å². The Morgan fingerprint density at radius 2 is 2.00 bits per heavy atom. The van der Waals surface area contributed by atoms with Crippen molar-refractivity contribution in [1.82, 2.24) is 14.8 Å². The van der Waals surface area contributed by atoms with Crippen LogP contribution >= 0.6 is 11.8 Å². The molecular weight excluding hydrogens is 433 g/mol. The van der Waals surface area contributed by atoms with Gasteiger partial charge in [0, 0.05) is 24.3 Å². The van der Waals surface area contributed by atoms with Crippen LogP contribution in [0.25, 0.3) is 5.69 Å². The number of Topliss-reactive ketones (excluding diaryl/α,β-unsaturated/α-hetero) is 1. The van der Waals surface area contributed by atoms with E-state index in [0.717, 1.165) is 11.3 Å². The predicted molar refractivity (Wildman–Crippen MR) is 118 cm³/mol. The molecule has 1 amide bonds. The molecule has 5 rings (SSSR count). The molecular formula is C22H20FN5O3S. The second kappa shape index (κ2) is 8.71. The molecule has 3 aromatic rings. The van der Waals surface area contributed by atoms with Gasteiger partial charge in [-0.2, -0.15) is 0 Å². The van der Waals surface area contributed by atoms with Crippen LogP contribution in [0.2, 0.25) is 0 Å². The van der Waals surface area contributed by atoms with E-state index in [0.29, 0.717) is 48.7 Å². The second-order valence-corrected chi connectivity index (χ2v) is 8.45. The number of halogens is 1. The highest BCUT2D eigenvalue weighted by molar-refractivity contribution is 7.99. The maximum absolute atomic E-state index is 14.0. The summed E-state index contributed by atoms with van der Waals surface area (Å²) in [5, 5.41) is 11.9. The number of nitrogens with zero attached hydrogens (tertiary/aromatic N) is 4. The first-order valence-corrected chi connectivity index (χ1v) is 11.2. The summed E-state index contributed by atoms with van der Waals surface area (Å²) in [5.41, 5.74) is 2.70. The number of rotatable bonds is 6. The highest BCUT2D eigenvalue weighted by atomic mass is 32.2. The number of thioether (sulfide) groups is 1. The zero-order valence-corrected chi connectivity index (χ0v) is 17.9. The van der Waals surface area contributed by atoms with Crippen LogP contribution in [0.3, 0.4) is 0 Å². The number of benzene rings is 2. The quantitative estimate of drug-likeness (QED) is 0.453. The van der Waals surface area contributed by atoms with Crippen molar-refractivity contribution in [2.45, 2.75) is 11.6 Å². The molecule has 1 aromatic heterocycles. The highest BCUT2D eigenvalue weighted by Crippen LogP contribution is 2.29. The monoisotopic (exact) mass is 453 g/mol. The third-order valence-corrected chi connectivity index (χ3v) is 6.29. The highest BCUT2D eigenvalue weighted by Gasteiger charge is 2.23. The summed E-state index contributed by atoms with van der Waals surface area (Å²) >= 11 is 1.25. The van der Waals surface area contributed by atoms with Gasteiger partial charge in [-0.1, -0.05) is 17.8 Å². The van der Waals surface area contributed by atoms with E-state index in [1.54, 1.807) is 34.9 Å². The van der Waals surface area contributed by atoms with Gasteiger partial charge in [0.05, 0.1) is 31.1 Å². The molecule has 10 heteroatoms. The maximum atomic E-state index is 14.0. The maximum Gasteiger partial charge on any atom is 0.232 e. The van der Waals surface area contributed by atoms with Crippen LogP contribution in [0, 0.1) is 5.82 Å². The Hall–Kier alpha value is -3.24. The van der Waals surface area contributed by atoms with Gasteiger partial charge in [-0.25, -0.2) is 4.39 Å². The van der Waals surface area contributed by atoms with Crippen molar-refractivity contribution in [3.8, 4) is 5.69 Å². The Morgan fingerprint density at radius 3 is 2.81 bits per heavy atom. The van der Waals surface area contributed by atoms with Crippen LogP contribution in [0.5, 0.6) is 0 Å². The number of amides is 1. The average Bonchev–Trinajstić information content (AvgIpc) is 3.40. The molecule has 8 nitrogen and oxygen atoms in total. The van der Waals surface area contributed by atoms with E-state index < -0.39 is 0 Å². The van der Waals surface area contributed by atoms with Crippen LogP contribution in [-0.4, -0.2) is 58.5 Å². The molecule has 2 aromatic carbocycles. The molecule has 1 fully saturated rings. The number of ether oxygens (including phenoxy) is 1. The number of morpholine rings is 1. The minimum atomic E-state index is -0.363. The number of carbonyl (C=O) groups is 2. The van der Waals surface area contributed by atoms with E-state index in [4.69, 9.17) is 4.74 Å². The Bertz CT molecular complexity index is 1190. The molecule has 1 saturated heterocycles. The molecule has 0 unspecified atom stereocenters. The number of aromatic nitrogens is 3. The van der Waals surface area contributed by atoms with Gasteiger partial charge in [0.15, 0.2) is 10.9 Å². The molecule has 1 N–H and O–H groups in total. The minimum absolute atomic E-state index is 0.0715. The molecule has 0 atom stereocenters. The van der Waals surface area contributed by atoms with E-state index in [2.05, 4.69) is 15.5 Å². The molecule has 32 heavy (non-hydrogen) atoms. The molecule has 3 heterocycles. The van der Waals surface area contributed by atoms with Gasteiger partial charge in [0.2, 0.25) is 11.9 Å². The average molecular weight is 453 g/mol. The van der Waals surface area contributed by atoms with Crippen molar-refractivity contribution in [3.63, 3.8) is 0 Å². The first kappa shape index (κ1) is 20.7. The molecule has 0 aliphatic carbocycles. The Balaban J connectivity index is 1.40. The fourth-order valence-electron chi connectivity index (χ4n) is 3.78. The van der Waals surface area contributed by atoms with Crippen molar-refractivity contribution in [2.24, 2.45) is 0 Å². The van der Waals surface area contributed by atoms with E-state index in [1.807, 2.05) is 4.90 Å². The molecule has 0 bridgehead atoms. The Labute approximate surface area is 187 Å². The Morgan fingerprint density at radius 1 is 1.16 bits per heavy atom. The van der Waals surface area contributed by atoms with Crippen molar-refractivity contribution >= 4 is 35.1 Å². The summed E-state index contributed by atoms with van der Waals surface area (Å²) in [4.78, 5) is 26.4. The van der Waals surface area contributed by atoms with Gasteiger partial charge in [-0.05, 0) is 42.0 Å². The molecule has 0 saturated carbocycles. The Kier molecular flexibility index (Phi) is 5.62. The molecule has 2 aliphatic heterocycles. The standard InChI is InChI=1S/C22H20FN5O3S/c23-16-2-1-3-17(12-16)28-21(27-6-8-31-9-7-27)25-26-22(28)32-13-19(29)14-4-5-18-15(10-14)11-20(30)24-18/h1-5,10,12H,6-9,11,13H2,(H,24,30).